The van der Waals surface area contributed by atoms with E-state index in [-0.39, 0.29) is 24.0 Å². The van der Waals surface area contributed by atoms with Crippen molar-refractivity contribution < 1.29 is 9.90 Å². The van der Waals surface area contributed by atoms with Gasteiger partial charge in [0, 0.05) is 31.7 Å². The fourth-order valence-corrected chi connectivity index (χ4v) is 3.20. The van der Waals surface area contributed by atoms with E-state index in [4.69, 9.17) is 0 Å². The molecular formula is C14H27N3O2. The van der Waals surface area contributed by atoms with Gasteiger partial charge in [-0.25, -0.2) is 0 Å². The lowest BCUT2D eigenvalue weighted by molar-refractivity contribution is -0.137. The number of piperidine rings is 1. The minimum Gasteiger partial charge on any atom is -0.391 e. The zero-order chi connectivity index (χ0) is 14.0. The fourth-order valence-electron chi connectivity index (χ4n) is 3.20. The number of likely N-dealkylation sites (N-methyl/N-ethyl adjacent to an activating group) is 1. The van der Waals surface area contributed by atoms with Gasteiger partial charge >= 0.3 is 0 Å². The largest absolute Gasteiger partial charge is 0.391 e. The molecule has 4 unspecified atom stereocenters. The molecule has 0 saturated carbocycles. The average Bonchev–Trinajstić information content (AvgIpc) is 2.69. The Labute approximate surface area is 115 Å². The van der Waals surface area contributed by atoms with Gasteiger partial charge in [-0.2, -0.15) is 0 Å². The van der Waals surface area contributed by atoms with Crippen LogP contribution in [0.3, 0.4) is 0 Å². The Morgan fingerprint density at radius 1 is 1.42 bits per heavy atom. The molecule has 2 aliphatic rings. The topological polar surface area (TPSA) is 55.8 Å². The Kier molecular flexibility index (Phi) is 4.81. The molecular weight excluding hydrogens is 242 g/mol. The first kappa shape index (κ1) is 14.8. The van der Waals surface area contributed by atoms with Crippen molar-refractivity contribution in [3.05, 3.63) is 0 Å². The Hall–Kier alpha value is -0.650. The Morgan fingerprint density at radius 3 is 2.74 bits per heavy atom. The van der Waals surface area contributed by atoms with E-state index in [0.29, 0.717) is 19.0 Å². The molecule has 19 heavy (non-hydrogen) atoms. The van der Waals surface area contributed by atoms with Crippen molar-refractivity contribution in [2.24, 2.45) is 5.92 Å². The quantitative estimate of drug-likeness (QED) is 0.751. The van der Waals surface area contributed by atoms with E-state index in [1.54, 1.807) is 0 Å². The molecule has 2 aliphatic heterocycles. The minimum absolute atomic E-state index is 0.0890. The number of aliphatic hydroxyl groups is 1. The maximum Gasteiger partial charge on any atom is 0.227 e. The SMILES string of the molecule is CC1CCC(C(=O)N2CC(O)CC2CN(C)C)CN1. The second kappa shape index (κ2) is 6.20. The molecule has 2 N–H and O–H groups in total. The molecule has 1 amide bonds. The number of hydrogen-bond donors (Lipinski definition) is 2. The van der Waals surface area contributed by atoms with E-state index in [1.807, 2.05) is 19.0 Å². The van der Waals surface area contributed by atoms with Crippen LogP contribution in [0.15, 0.2) is 0 Å². The Morgan fingerprint density at radius 2 is 2.16 bits per heavy atom. The standard InChI is InChI=1S/C14H27N3O2/c1-10-4-5-11(7-15-10)14(19)17-9-13(18)6-12(17)8-16(2)3/h10-13,15,18H,4-9H2,1-3H3. The fraction of sp³-hybridized carbons (Fsp3) is 0.929. The molecule has 110 valence electrons. The number of aliphatic hydroxyl groups excluding tert-OH is 1. The molecule has 2 saturated heterocycles. The minimum atomic E-state index is -0.357. The van der Waals surface area contributed by atoms with E-state index in [9.17, 15) is 9.90 Å². The number of carbonyl (C=O) groups is 1. The molecule has 2 fully saturated rings. The summed E-state index contributed by atoms with van der Waals surface area (Å²) in [5.74, 6) is 0.314. The van der Waals surface area contributed by atoms with Crippen molar-refractivity contribution in [1.82, 2.24) is 15.1 Å². The van der Waals surface area contributed by atoms with Gasteiger partial charge in [-0.3, -0.25) is 4.79 Å². The number of β-amino-alcohol motifs (C(OH)–C–C–N with tert-alkyl or cyclic N) is 1. The molecule has 0 aromatic heterocycles. The molecule has 0 spiro atoms. The van der Waals surface area contributed by atoms with Crippen molar-refractivity contribution in [3.63, 3.8) is 0 Å². The summed E-state index contributed by atoms with van der Waals surface area (Å²) in [5, 5.41) is 13.2. The lowest BCUT2D eigenvalue weighted by Gasteiger charge is -2.33. The maximum atomic E-state index is 12.6. The van der Waals surface area contributed by atoms with Gasteiger partial charge in [0.15, 0.2) is 0 Å². The molecule has 2 rings (SSSR count). The molecule has 5 nitrogen and oxygen atoms in total. The molecule has 0 radical (unpaired) electrons. The van der Waals surface area contributed by atoms with Gasteiger partial charge in [-0.05, 0) is 40.3 Å². The molecule has 0 aromatic rings. The first-order valence-corrected chi connectivity index (χ1v) is 7.34. The first-order chi connectivity index (χ1) is 8.97. The number of hydrogen-bond acceptors (Lipinski definition) is 4. The highest BCUT2D eigenvalue weighted by molar-refractivity contribution is 5.80. The maximum absolute atomic E-state index is 12.6. The summed E-state index contributed by atoms with van der Waals surface area (Å²) in [4.78, 5) is 16.6. The summed E-state index contributed by atoms with van der Waals surface area (Å²) in [7, 11) is 4.02. The second-order valence-corrected chi connectivity index (χ2v) is 6.38. The number of nitrogens with one attached hydrogen (secondary N) is 1. The van der Waals surface area contributed by atoms with Gasteiger partial charge in [0.2, 0.25) is 5.91 Å². The summed E-state index contributed by atoms with van der Waals surface area (Å²) in [5.41, 5.74) is 0. The summed E-state index contributed by atoms with van der Waals surface area (Å²) in [6, 6.07) is 0.683. The van der Waals surface area contributed by atoms with Crippen LogP contribution in [0.5, 0.6) is 0 Å². The van der Waals surface area contributed by atoms with Crippen LogP contribution in [0.4, 0.5) is 0 Å². The number of likely N-dealkylation sites (tertiary alicyclic amines) is 1. The zero-order valence-electron chi connectivity index (χ0n) is 12.3. The predicted octanol–water partition coefficient (Wildman–Crippen LogP) is -0.102. The number of nitrogens with zero attached hydrogens (tertiary/aromatic N) is 2. The van der Waals surface area contributed by atoms with Crippen LogP contribution < -0.4 is 5.32 Å². The monoisotopic (exact) mass is 269 g/mol. The normalized spacial score (nSPS) is 35.9. The van der Waals surface area contributed by atoms with Crippen LogP contribution in [-0.2, 0) is 4.79 Å². The van der Waals surface area contributed by atoms with Crippen LogP contribution >= 0.6 is 0 Å². The van der Waals surface area contributed by atoms with Gasteiger partial charge in [-0.1, -0.05) is 0 Å². The number of rotatable bonds is 3. The highest BCUT2D eigenvalue weighted by atomic mass is 16.3. The van der Waals surface area contributed by atoms with Crippen LogP contribution in [-0.4, -0.2) is 72.7 Å². The van der Waals surface area contributed by atoms with Crippen molar-refractivity contribution in [1.29, 1.82) is 0 Å². The lowest BCUT2D eigenvalue weighted by Crippen LogP contribution is -2.49. The van der Waals surface area contributed by atoms with Crippen LogP contribution in [0.25, 0.3) is 0 Å². The Balaban J connectivity index is 1.96. The molecule has 0 bridgehead atoms. The van der Waals surface area contributed by atoms with Gasteiger partial charge < -0.3 is 20.2 Å². The summed E-state index contributed by atoms with van der Waals surface area (Å²) >= 11 is 0. The summed E-state index contributed by atoms with van der Waals surface area (Å²) < 4.78 is 0. The highest BCUT2D eigenvalue weighted by Gasteiger charge is 2.38. The first-order valence-electron chi connectivity index (χ1n) is 7.34. The van der Waals surface area contributed by atoms with Crippen LogP contribution in [0, 0.1) is 5.92 Å². The van der Waals surface area contributed by atoms with E-state index >= 15 is 0 Å². The third-order valence-electron chi connectivity index (χ3n) is 4.26. The summed E-state index contributed by atoms with van der Waals surface area (Å²) in [6.07, 6.45) is 2.38. The molecule has 5 heteroatoms. The van der Waals surface area contributed by atoms with Crippen LogP contribution in [0.1, 0.15) is 26.2 Å². The smallest absolute Gasteiger partial charge is 0.227 e. The van der Waals surface area contributed by atoms with E-state index < -0.39 is 0 Å². The van der Waals surface area contributed by atoms with Crippen molar-refractivity contribution in [2.75, 3.05) is 33.7 Å². The van der Waals surface area contributed by atoms with Crippen LogP contribution in [0.2, 0.25) is 0 Å². The zero-order valence-corrected chi connectivity index (χ0v) is 12.3. The van der Waals surface area contributed by atoms with E-state index in [0.717, 1.165) is 25.9 Å². The average molecular weight is 269 g/mol. The van der Waals surface area contributed by atoms with E-state index in [2.05, 4.69) is 17.1 Å². The third-order valence-corrected chi connectivity index (χ3v) is 4.26. The van der Waals surface area contributed by atoms with E-state index in [1.165, 1.54) is 0 Å². The second-order valence-electron chi connectivity index (χ2n) is 6.38. The van der Waals surface area contributed by atoms with Crippen molar-refractivity contribution in [2.45, 2.75) is 44.4 Å². The van der Waals surface area contributed by atoms with Gasteiger partial charge in [-0.15, -0.1) is 0 Å². The molecule has 0 aromatic carbocycles. The number of carbonyl (C=O) groups excluding carboxylic acids is 1. The Bertz CT molecular complexity index is 314. The molecule has 2 heterocycles. The third kappa shape index (κ3) is 3.68. The molecule has 0 aliphatic carbocycles. The van der Waals surface area contributed by atoms with Gasteiger partial charge in [0.25, 0.3) is 0 Å². The molecule has 4 atom stereocenters. The predicted molar refractivity (Wildman–Crippen MR) is 74.9 cm³/mol. The lowest BCUT2D eigenvalue weighted by atomic mass is 9.94. The number of amides is 1. The summed E-state index contributed by atoms with van der Waals surface area (Å²) in [6.45, 7) is 4.28. The van der Waals surface area contributed by atoms with Gasteiger partial charge in [0.1, 0.15) is 0 Å². The highest BCUT2D eigenvalue weighted by Crippen LogP contribution is 2.24. The van der Waals surface area contributed by atoms with Crippen molar-refractivity contribution >= 4 is 5.91 Å². The van der Waals surface area contributed by atoms with Gasteiger partial charge in [0.05, 0.1) is 12.0 Å². The van der Waals surface area contributed by atoms with Crippen molar-refractivity contribution in [3.8, 4) is 0 Å².